The van der Waals surface area contributed by atoms with Gasteiger partial charge in [-0.15, -0.1) is 11.3 Å². The predicted octanol–water partition coefficient (Wildman–Crippen LogP) is 3.37. The maximum absolute atomic E-state index is 9.05. The van der Waals surface area contributed by atoms with Gasteiger partial charge in [0.05, 0.1) is 16.1 Å². The summed E-state index contributed by atoms with van der Waals surface area (Å²) in [6.45, 7) is 2.03. The molecule has 0 aliphatic heterocycles. The van der Waals surface area contributed by atoms with Crippen molar-refractivity contribution in [2.45, 2.75) is 13.5 Å². The quantitative estimate of drug-likeness (QED) is 0.917. The van der Waals surface area contributed by atoms with E-state index in [0.29, 0.717) is 5.69 Å². The van der Waals surface area contributed by atoms with Crippen molar-refractivity contribution in [3.8, 4) is 10.6 Å². The van der Waals surface area contributed by atoms with E-state index in [1.165, 1.54) is 5.56 Å². The van der Waals surface area contributed by atoms with Crippen LogP contribution in [0.15, 0.2) is 28.1 Å². The molecular formula is C11H10BrNOS. The van der Waals surface area contributed by atoms with Crippen molar-refractivity contribution in [2.24, 2.45) is 0 Å². The van der Waals surface area contributed by atoms with Crippen molar-refractivity contribution < 1.29 is 5.11 Å². The van der Waals surface area contributed by atoms with Crippen LogP contribution in [0.5, 0.6) is 0 Å². The van der Waals surface area contributed by atoms with Gasteiger partial charge in [0, 0.05) is 5.56 Å². The van der Waals surface area contributed by atoms with Crippen LogP contribution >= 0.6 is 27.3 Å². The Labute approximate surface area is 101 Å². The van der Waals surface area contributed by atoms with Crippen molar-refractivity contribution in [1.82, 2.24) is 4.98 Å². The van der Waals surface area contributed by atoms with Gasteiger partial charge in [-0.3, -0.25) is 0 Å². The molecule has 0 amide bonds. The highest BCUT2D eigenvalue weighted by Crippen LogP contribution is 2.32. The highest BCUT2D eigenvalue weighted by Gasteiger charge is 2.09. The molecule has 1 N–H and O–H groups in total. The third-order valence-electron chi connectivity index (χ3n) is 2.06. The van der Waals surface area contributed by atoms with E-state index >= 15 is 0 Å². The Balaban J connectivity index is 2.45. The molecule has 0 aliphatic carbocycles. The number of aliphatic hydroxyl groups is 1. The van der Waals surface area contributed by atoms with Crippen molar-refractivity contribution in [2.75, 3.05) is 0 Å². The first-order valence-electron chi connectivity index (χ1n) is 4.54. The van der Waals surface area contributed by atoms with Crippen molar-refractivity contribution in [3.05, 3.63) is 39.3 Å². The zero-order valence-corrected chi connectivity index (χ0v) is 10.6. The number of aromatic nitrogens is 1. The number of halogens is 1. The molecule has 0 spiro atoms. The van der Waals surface area contributed by atoms with E-state index in [9.17, 15) is 0 Å². The Hall–Kier alpha value is -0.710. The Bertz CT molecular complexity index is 481. The Morgan fingerprint density at radius 1 is 1.47 bits per heavy atom. The summed E-state index contributed by atoms with van der Waals surface area (Å²) < 4.78 is 0.904. The highest BCUT2D eigenvalue weighted by molar-refractivity contribution is 9.11. The van der Waals surface area contributed by atoms with Gasteiger partial charge in [0.15, 0.2) is 0 Å². The van der Waals surface area contributed by atoms with Gasteiger partial charge < -0.3 is 5.11 Å². The number of aliphatic hydroxyl groups excluding tert-OH is 1. The average Bonchev–Trinajstić information content (AvgIpc) is 2.60. The SMILES string of the molecule is Cc1cccc(-c2nc(CO)c(Br)s2)c1. The van der Waals surface area contributed by atoms with Crippen LogP contribution in [0.1, 0.15) is 11.3 Å². The third-order valence-corrected chi connectivity index (χ3v) is 3.94. The van der Waals surface area contributed by atoms with Gasteiger partial charge in [0.2, 0.25) is 0 Å². The summed E-state index contributed by atoms with van der Waals surface area (Å²) in [5.74, 6) is 0. The molecule has 2 nitrogen and oxygen atoms in total. The standard InChI is InChI=1S/C11H10BrNOS/c1-7-3-2-4-8(5-7)11-13-9(6-14)10(12)15-11/h2-5,14H,6H2,1H3. The van der Waals surface area contributed by atoms with Gasteiger partial charge in [-0.1, -0.05) is 23.8 Å². The number of nitrogens with zero attached hydrogens (tertiary/aromatic N) is 1. The van der Waals surface area contributed by atoms with Gasteiger partial charge in [-0.25, -0.2) is 4.98 Å². The van der Waals surface area contributed by atoms with E-state index in [1.54, 1.807) is 11.3 Å². The smallest absolute Gasteiger partial charge is 0.124 e. The molecule has 0 atom stereocenters. The van der Waals surface area contributed by atoms with E-state index in [0.717, 1.165) is 14.4 Å². The Kier molecular flexibility index (Phi) is 3.19. The van der Waals surface area contributed by atoms with Gasteiger partial charge >= 0.3 is 0 Å². The van der Waals surface area contributed by atoms with Gasteiger partial charge in [0.25, 0.3) is 0 Å². The van der Waals surface area contributed by atoms with E-state index < -0.39 is 0 Å². The predicted molar refractivity (Wildman–Crippen MR) is 65.9 cm³/mol. The molecule has 1 aromatic carbocycles. The lowest BCUT2D eigenvalue weighted by Crippen LogP contribution is -1.84. The van der Waals surface area contributed by atoms with Gasteiger partial charge in [-0.05, 0) is 28.9 Å². The lowest BCUT2D eigenvalue weighted by molar-refractivity contribution is 0.277. The number of hydrogen-bond acceptors (Lipinski definition) is 3. The second kappa shape index (κ2) is 4.43. The topological polar surface area (TPSA) is 33.1 Å². The third kappa shape index (κ3) is 2.27. The summed E-state index contributed by atoms with van der Waals surface area (Å²) in [5, 5.41) is 9.99. The normalized spacial score (nSPS) is 10.6. The zero-order chi connectivity index (χ0) is 10.8. The second-order valence-corrected chi connectivity index (χ2v) is 5.58. The minimum absolute atomic E-state index is 0.0249. The lowest BCUT2D eigenvalue weighted by atomic mass is 10.1. The minimum atomic E-state index is -0.0249. The molecule has 0 unspecified atom stereocenters. The first-order chi connectivity index (χ1) is 7.20. The van der Waals surface area contributed by atoms with Crippen molar-refractivity contribution >= 4 is 27.3 Å². The molecule has 0 saturated carbocycles. The molecule has 78 valence electrons. The molecule has 0 radical (unpaired) electrons. The first kappa shape index (κ1) is 10.8. The van der Waals surface area contributed by atoms with Crippen molar-refractivity contribution in [1.29, 1.82) is 0 Å². The molecule has 0 aliphatic rings. The minimum Gasteiger partial charge on any atom is -0.390 e. The van der Waals surface area contributed by atoms with Crippen LogP contribution in [-0.2, 0) is 6.61 Å². The number of thiazole rings is 1. The maximum Gasteiger partial charge on any atom is 0.124 e. The van der Waals surface area contributed by atoms with E-state index in [-0.39, 0.29) is 6.61 Å². The summed E-state index contributed by atoms with van der Waals surface area (Å²) in [4.78, 5) is 4.36. The molecule has 1 aromatic heterocycles. The molecule has 2 aromatic rings. The lowest BCUT2D eigenvalue weighted by Gasteiger charge is -1.96. The molecule has 0 fully saturated rings. The molecular weight excluding hydrogens is 274 g/mol. The fourth-order valence-electron chi connectivity index (χ4n) is 1.33. The number of aryl methyl sites for hydroxylation is 1. The average molecular weight is 284 g/mol. The molecule has 1 heterocycles. The number of benzene rings is 1. The maximum atomic E-state index is 9.05. The largest absolute Gasteiger partial charge is 0.390 e. The van der Waals surface area contributed by atoms with Crippen LogP contribution in [-0.4, -0.2) is 10.1 Å². The van der Waals surface area contributed by atoms with E-state index in [4.69, 9.17) is 5.11 Å². The molecule has 0 saturated heterocycles. The fourth-order valence-corrected chi connectivity index (χ4v) is 2.80. The molecule has 4 heteroatoms. The zero-order valence-electron chi connectivity index (χ0n) is 8.20. The first-order valence-corrected chi connectivity index (χ1v) is 6.15. The van der Waals surface area contributed by atoms with Gasteiger partial charge in [-0.2, -0.15) is 0 Å². The summed E-state index contributed by atoms with van der Waals surface area (Å²) >= 11 is 4.94. The second-order valence-electron chi connectivity index (χ2n) is 3.27. The highest BCUT2D eigenvalue weighted by atomic mass is 79.9. The van der Waals surface area contributed by atoms with Crippen LogP contribution in [0.4, 0.5) is 0 Å². The summed E-state index contributed by atoms with van der Waals surface area (Å²) in [6.07, 6.45) is 0. The molecule has 0 bridgehead atoms. The van der Waals surface area contributed by atoms with Crippen LogP contribution in [0, 0.1) is 6.92 Å². The van der Waals surface area contributed by atoms with Crippen LogP contribution in [0.25, 0.3) is 10.6 Å². The number of hydrogen-bond donors (Lipinski definition) is 1. The van der Waals surface area contributed by atoms with Gasteiger partial charge in [0.1, 0.15) is 5.01 Å². The summed E-state index contributed by atoms with van der Waals surface area (Å²) in [5.41, 5.74) is 3.02. The van der Waals surface area contributed by atoms with E-state index in [2.05, 4.69) is 40.0 Å². The summed E-state index contributed by atoms with van der Waals surface area (Å²) in [7, 11) is 0. The monoisotopic (exact) mass is 283 g/mol. The Morgan fingerprint density at radius 2 is 2.27 bits per heavy atom. The molecule has 15 heavy (non-hydrogen) atoms. The Morgan fingerprint density at radius 3 is 2.87 bits per heavy atom. The number of rotatable bonds is 2. The fraction of sp³-hybridized carbons (Fsp3) is 0.182. The summed E-state index contributed by atoms with van der Waals surface area (Å²) in [6, 6.07) is 8.18. The van der Waals surface area contributed by atoms with Crippen LogP contribution < -0.4 is 0 Å². The molecule has 2 rings (SSSR count). The van der Waals surface area contributed by atoms with Crippen LogP contribution in [0.3, 0.4) is 0 Å². The van der Waals surface area contributed by atoms with Crippen molar-refractivity contribution in [3.63, 3.8) is 0 Å². The van der Waals surface area contributed by atoms with E-state index in [1.807, 2.05) is 12.1 Å². The van der Waals surface area contributed by atoms with Crippen LogP contribution in [0.2, 0.25) is 0 Å².